The highest BCUT2D eigenvalue weighted by Crippen LogP contribution is 2.14. The van der Waals surface area contributed by atoms with Gasteiger partial charge in [-0.25, -0.2) is 9.59 Å². The number of esters is 1. The molecule has 4 N–H and O–H groups in total. The molecule has 0 unspecified atom stereocenters. The number of aliphatic hydroxyl groups excluding tert-OH is 3. The second-order valence-electron chi connectivity index (χ2n) is 8.15. The lowest BCUT2D eigenvalue weighted by molar-refractivity contribution is -0.385. The van der Waals surface area contributed by atoms with E-state index in [4.69, 9.17) is 25.2 Å². The van der Waals surface area contributed by atoms with E-state index in [1.165, 1.54) is 36.4 Å². The molecule has 4 atom stereocenters. The van der Waals surface area contributed by atoms with Crippen molar-refractivity contribution in [3.05, 3.63) is 79.9 Å². The Bertz CT molecular complexity index is 965. The van der Waals surface area contributed by atoms with Crippen molar-refractivity contribution in [3.8, 4) is 0 Å². The molecule has 2 rings (SSSR count). The number of hydrogen-bond acceptors (Lipinski definition) is 10. The first kappa shape index (κ1) is 33.1. The number of aromatic carboxylic acids is 1. The molecule has 2 aromatic carbocycles. The van der Waals surface area contributed by atoms with Gasteiger partial charge in [0, 0.05) is 30.7 Å². The second-order valence-corrected chi connectivity index (χ2v) is 8.15. The maximum atomic E-state index is 11.6. The first-order chi connectivity index (χ1) is 17.1. The van der Waals surface area contributed by atoms with Crippen LogP contribution in [0.4, 0.5) is 11.4 Å². The molecule has 0 saturated heterocycles. The van der Waals surface area contributed by atoms with Gasteiger partial charge in [0.1, 0.15) is 6.10 Å². The standard InChI is InChI=1S/C12H15NO5.C7H5NO4.C5H12O2/c1-8(14)7-9(2)18-12(15)10-3-5-11(6-4-10)13(16)17;9-7(10)5-1-3-6(4-2-5)8(11)12;1-4(6)3-5(2)7/h3-6,8-9,14H,7H2,1-2H3;1-4H,(H,9,10);4-7H,3H2,1-2H3/t8-,9+;;4-,5-/m1.1/s1. The lowest BCUT2D eigenvalue weighted by Crippen LogP contribution is -2.19. The van der Waals surface area contributed by atoms with Crippen molar-refractivity contribution in [2.75, 3.05) is 0 Å². The summed E-state index contributed by atoms with van der Waals surface area (Å²) in [6.45, 7) is 6.60. The molecular formula is C24H32N2O11. The van der Waals surface area contributed by atoms with E-state index < -0.39 is 34.0 Å². The van der Waals surface area contributed by atoms with Crippen LogP contribution in [-0.2, 0) is 4.74 Å². The maximum absolute atomic E-state index is 11.6. The Morgan fingerprint density at radius 2 is 1.08 bits per heavy atom. The molecule has 0 aromatic heterocycles. The molecule has 204 valence electrons. The highest BCUT2D eigenvalue weighted by Gasteiger charge is 2.15. The average Bonchev–Trinajstić information content (AvgIpc) is 2.78. The number of non-ortho nitro benzene ring substituents is 2. The van der Waals surface area contributed by atoms with E-state index in [-0.39, 0.29) is 34.7 Å². The van der Waals surface area contributed by atoms with Crippen molar-refractivity contribution in [1.82, 2.24) is 0 Å². The van der Waals surface area contributed by atoms with Crippen molar-refractivity contribution in [2.45, 2.75) is 65.0 Å². The molecule has 37 heavy (non-hydrogen) atoms. The molecule has 0 saturated carbocycles. The minimum absolute atomic E-state index is 0.0422. The normalized spacial score (nSPS) is 13.3. The summed E-state index contributed by atoms with van der Waals surface area (Å²) in [5, 5.41) is 55.3. The number of nitro benzene ring substituents is 2. The molecule has 2 aromatic rings. The third kappa shape index (κ3) is 14.9. The Hall–Kier alpha value is -3.94. The van der Waals surface area contributed by atoms with Crippen LogP contribution in [0.25, 0.3) is 0 Å². The Balaban J connectivity index is 0.000000586. The number of carbonyl (C=O) groups excluding carboxylic acids is 1. The zero-order valence-electron chi connectivity index (χ0n) is 20.9. The molecule has 0 fully saturated rings. The number of benzene rings is 2. The summed E-state index contributed by atoms with van der Waals surface area (Å²) in [4.78, 5) is 41.4. The first-order valence-electron chi connectivity index (χ1n) is 11.1. The molecule has 0 aliphatic carbocycles. The highest BCUT2D eigenvalue weighted by molar-refractivity contribution is 5.89. The third-order valence-electron chi connectivity index (χ3n) is 4.30. The Labute approximate surface area is 213 Å². The van der Waals surface area contributed by atoms with Crippen molar-refractivity contribution in [3.63, 3.8) is 0 Å². The summed E-state index contributed by atoms with van der Waals surface area (Å²) in [5.74, 6) is -1.65. The van der Waals surface area contributed by atoms with Gasteiger partial charge in [0.25, 0.3) is 11.4 Å². The van der Waals surface area contributed by atoms with Crippen LogP contribution in [0.2, 0.25) is 0 Å². The molecule has 0 amide bonds. The quantitative estimate of drug-likeness (QED) is 0.212. The van der Waals surface area contributed by atoms with Crippen molar-refractivity contribution >= 4 is 23.3 Å². The van der Waals surface area contributed by atoms with Gasteiger partial charge < -0.3 is 25.2 Å². The van der Waals surface area contributed by atoms with Crippen molar-refractivity contribution < 1.29 is 44.6 Å². The summed E-state index contributed by atoms with van der Waals surface area (Å²) in [6, 6.07) is 9.88. The summed E-state index contributed by atoms with van der Waals surface area (Å²) in [5.41, 5.74) is 0.0993. The fraction of sp³-hybridized carbons (Fsp3) is 0.417. The van der Waals surface area contributed by atoms with Gasteiger partial charge >= 0.3 is 11.9 Å². The van der Waals surface area contributed by atoms with E-state index in [9.17, 15) is 29.8 Å². The third-order valence-corrected chi connectivity index (χ3v) is 4.30. The summed E-state index contributed by atoms with van der Waals surface area (Å²) >= 11 is 0. The molecule has 13 nitrogen and oxygen atoms in total. The van der Waals surface area contributed by atoms with Gasteiger partial charge in [0.05, 0.1) is 39.3 Å². The van der Waals surface area contributed by atoms with Gasteiger partial charge in [-0.15, -0.1) is 0 Å². The SMILES string of the molecule is C[C@@H](O)C[C@@H](C)O.C[C@@H](O)C[C@H](C)OC(=O)c1ccc([N+](=O)[O-])cc1.O=C(O)c1ccc([N+](=O)[O-])cc1. The van der Waals surface area contributed by atoms with Crippen LogP contribution in [0.1, 0.15) is 61.3 Å². The second kappa shape index (κ2) is 16.7. The van der Waals surface area contributed by atoms with Crippen LogP contribution in [-0.4, -0.2) is 66.6 Å². The number of carboxylic acid groups (broad SMARTS) is 1. The largest absolute Gasteiger partial charge is 0.478 e. The van der Waals surface area contributed by atoms with E-state index in [1.54, 1.807) is 27.7 Å². The number of carboxylic acids is 1. The van der Waals surface area contributed by atoms with Crippen LogP contribution in [0.5, 0.6) is 0 Å². The number of nitro groups is 2. The Kier molecular flexibility index (Phi) is 14.9. The number of rotatable bonds is 9. The smallest absolute Gasteiger partial charge is 0.338 e. The van der Waals surface area contributed by atoms with Gasteiger partial charge in [-0.1, -0.05) is 0 Å². The fourth-order valence-electron chi connectivity index (χ4n) is 2.72. The van der Waals surface area contributed by atoms with Crippen LogP contribution in [0.15, 0.2) is 48.5 Å². The van der Waals surface area contributed by atoms with Crippen LogP contribution < -0.4 is 0 Å². The number of nitrogens with zero attached hydrogens (tertiary/aromatic N) is 2. The number of hydrogen-bond donors (Lipinski definition) is 4. The van der Waals surface area contributed by atoms with Gasteiger partial charge in [0.2, 0.25) is 0 Å². The van der Waals surface area contributed by atoms with E-state index in [1.807, 2.05) is 0 Å². The minimum atomic E-state index is -1.09. The summed E-state index contributed by atoms with van der Waals surface area (Å²) in [7, 11) is 0. The highest BCUT2D eigenvalue weighted by atomic mass is 16.6. The van der Waals surface area contributed by atoms with Crippen LogP contribution in [0, 0.1) is 20.2 Å². The number of aliphatic hydroxyl groups is 3. The monoisotopic (exact) mass is 524 g/mol. The van der Waals surface area contributed by atoms with E-state index in [0.717, 1.165) is 12.1 Å². The Morgan fingerprint density at radius 3 is 1.35 bits per heavy atom. The lowest BCUT2D eigenvalue weighted by atomic mass is 10.2. The predicted molar refractivity (Wildman–Crippen MR) is 132 cm³/mol. The van der Waals surface area contributed by atoms with E-state index in [0.29, 0.717) is 12.8 Å². The molecule has 0 bridgehead atoms. The minimum Gasteiger partial charge on any atom is -0.478 e. The van der Waals surface area contributed by atoms with Gasteiger partial charge in [-0.05, 0) is 58.4 Å². The molecular weight excluding hydrogens is 492 g/mol. The summed E-state index contributed by atoms with van der Waals surface area (Å²) in [6.07, 6.45) is -0.893. The van der Waals surface area contributed by atoms with Crippen molar-refractivity contribution in [1.29, 1.82) is 0 Å². The van der Waals surface area contributed by atoms with Gasteiger partial charge in [-0.2, -0.15) is 0 Å². The lowest BCUT2D eigenvalue weighted by Gasteiger charge is -2.14. The van der Waals surface area contributed by atoms with Gasteiger partial charge in [-0.3, -0.25) is 20.2 Å². The van der Waals surface area contributed by atoms with Crippen molar-refractivity contribution in [2.24, 2.45) is 0 Å². The van der Waals surface area contributed by atoms with Crippen LogP contribution in [0.3, 0.4) is 0 Å². The topological polar surface area (TPSA) is 211 Å². The van der Waals surface area contributed by atoms with E-state index >= 15 is 0 Å². The fourth-order valence-corrected chi connectivity index (χ4v) is 2.72. The first-order valence-corrected chi connectivity index (χ1v) is 11.1. The van der Waals surface area contributed by atoms with E-state index in [2.05, 4.69) is 0 Å². The zero-order valence-corrected chi connectivity index (χ0v) is 20.9. The average molecular weight is 525 g/mol. The predicted octanol–water partition coefficient (Wildman–Crippen LogP) is 3.34. The zero-order chi connectivity index (χ0) is 28.7. The van der Waals surface area contributed by atoms with Crippen LogP contribution >= 0.6 is 0 Å². The van der Waals surface area contributed by atoms with Gasteiger partial charge in [0.15, 0.2) is 0 Å². The molecule has 0 radical (unpaired) electrons. The number of ether oxygens (including phenoxy) is 1. The number of carbonyl (C=O) groups is 2. The molecule has 13 heteroatoms. The summed E-state index contributed by atoms with van der Waals surface area (Å²) < 4.78 is 5.08. The Morgan fingerprint density at radius 1 is 0.730 bits per heavy atom. The molecule has 0 heterocycles. The maximum Gasteiger partial charge on any atom is 0.338 e. The molecule has 0 spiro atoms. The molecule has 0 aliphatic heterocycles. The molecule has 0 aliphatic rings.